The number of nitrogens with one attached hydrogen (secondary N) is 1. The van der Waals surface area contributed by atoms with E-state index in [9.17, 15) is 9.59 Å². The van der Waals surface area contributed by atoms with Gasteiger partial charge < -0.3 is 23.9 Å². The molecule has 1 amide bonds. The SMILES string of the molecule is C[C@@H](NC(=O)COC(=O)/C=C/c1ccc2c(c1)OCO2)c1ccco1. The molecule has 3 rings (SSSR count). The Hall–Kier alpha value is -3.22. The molecule has 1 aromatic heterocycles. The van der Waals surface area contributed by atoms with Crippen molar-refractivity contribution in [1.82, 2.24) is 5.32 Å². The zero-order valence-corrected chi connectivity index (χ0v) is 13.6. The van der Waals surface area contributed by atoms with Crippen molar-refractivity contribution in [3.63, 3.8) is 0 Å². The third-order valence-electron chi connectivity index (χ3n) is 3.50. The van der Waals surface area contributed by atoms with Crippen molar-refractivity contribution >= 4 is 18.0 Å². The van der Waals surface area contributed by atoms with Crippen LogP contribution >= 0.6 is 0 Å². The van der Waals surface area contributed by atoms with Gasteiger partial charge in [-0.15, -0.1) is 0 Å². The number of carbonyl (C=O) groups is 2. The largest absolute Gasteiger partial charge is 0.467 e. The molecule has 1 aliphatic heterocycles. The van der Waals surface area contributed by atoms with E-state index in [2.05, 4.69) is 5.32 Å². The molecule has 7 nitrogen and oxygen atoms in total. The number of hydrogen-bond acceptors (Lipinski definition) is 6. The van der Waals surface area contributed by atoms with Crippen LogP contribution in [0.15, 0.2) is 47.1 Å². The van der Waals surface area contributed by atoms with Crippen LogP contribution in [0.2, 0.25) is 0 Å². The van der Waals surface area contributed by atoms with Gasteiger partial charge in [0.2, 0.25) is 6.79 Å². The van der Waals surface area contributed by atoms with Crippen molar-refractivity contribution < 1.29 is 28.2 Å². The predicted octanol–water partition coefficient (Wildman–Crippen LogP) is 2.44. The van der Waals surface area contributed by atoms with Gasteiger partial charge in [-0.05, 0) is 42.8 Å². The Balaban J connectivity index is 1.45. The summed E-state index contributed by atoms with van der Waals surface area (Å²) >= 11 is 0. The monoisotopic (exact) mass is 343 g/mol. The maximum Gasteiger partial charge on any atom is 0.331 e. The molecule has 25 heavy (non-hydrogen) atoms. The number of carbonyl (C=O) groups excluding carboxylic acids is 2. The highest BCUT2D eigenvalue weighted by molar-refractivity contribution is 5.89. The van der Waals surface area contributed by atoms with Crippen LogP contribution in [0.1, 0.15) is 24.3 Å². The van der Waals surface area contributed by atoms with Crippen LogP contribution in [-0.2, 0) is 14.3 Å². The minimum Gasteiger partial charge on any atom is -0.467 e. The van der Waals surface area contributed by atoms with Gasteiger partial charge in [0.1, 0.15) is 5.76 Å². The summed E-state index contributed by atoms with van der Waals surface area (Å²) in [5, 5.41) is 2.68. The molecule has 2 heterocycles. The van der Waals surface area contributed by atoms with Gasteiger partial charge in [0, 0.05) is 6.08 Å². The van der Waals surface area contributed by atoms with E-state index in [1.165, 1.54) is 12.3 Å². The van der Waals surface area contributed by atoms with E-state index >= 15 is 0 Å². The summed E-state index contributed by atoms with van der Waals surface area (Å²) in [6.07, 6.45) is 4.35. The van der Waals surface area contributed by atoms with Gasteiger partial charge in [-0.25, -0.2) is 4.79 Å². The summed E-state index contributed by atoms with van der Waals surface area (Å²) in [4.78, 5) is 23.5. The van der Waals surface area contributed by atoms with E-state index in [1.54, 1.807) is 43.3 Å². The first-order valence-electron chi connectivity index (χ1n) is 7.69. The first-order chi connectivity index (χ1) is 12.1. The molecular weight excluding hydrogens is 326 g/mol. The summed E-state index contributed by atoms with van der Waals surface area (Å²) in [6.45, 7) is 1.60. The maximum absolute atomic E-state index is 11.8. The van der Waals surface area contributed by atoms with E-state index < -0.39 is 11.9 Å². The van der Waals surface area contributed by atoms with Gasteiger partial charge in [0.25, 0.3) is 5.91 Å². The van der Waals surface area contributed by atoms with Gasteiger partial charge in [-0.2, -0.15) is 0 Å². The minimum atomic E-state index is -0.613. The smallest absolute Gasteiger partial charge is 0.331 e. The zero-order valence-electron chi connectivity index (χ0n) is 13.6. The van der Waals surface area contributed by atoms with Crippen LogP contribution in [-0.4, -0.2) is 25.3 Å². The Morgan fingerprint density at radius 1 is 1.28 bits per heavy atom. The predicted molar refractivity (Wildman–Crippen MR) is 87.8 cm³/mol. The van der Waals surface area contributed by atoms with Crippen molar-refractivity contribution in [2.75, 3.05) is 13.4 Å². The molecule has 0 spiro atoms. The molecule has 0 saturated carbocycles. The highest BCUT2D eigenvalue weighted by atomic mass is 16.7. The lowest BCUT2D eigenvalue weighted by Crippen LogP contribution is -2.30. The second-order valence-electron chi connectivity index (χ2n) is 5.36. The van der Waals surface area contributed by atoms with Crippen LogP contribution in [0.4, 0.5) is 0 Å². The second kappa shape index (κ2) is 7.57. The minimum absolute atomic E-state index is 0.191. The van der Waals surface area contributed by atoms with Crippen LogP contribution in [0.25, 0.3) is 6.08 Å². The average molecular weight is 343 g/mol. The molecule has 0 aliphatic carbocycles. The fourth-order valence-corrected chi connectivity index (χ4v) is 2.26. The molecule has 0 unspecified atom stereocenters. The number of ether oxygens (including phenoxy) is 3. The van der Waals surface area contributed by atoms with Crippen LogP contribution in [0.5, 0.6) is 11.5 Å². The molecule has 0 bridgehead atoms. The number of amides is 1. The lowest BCUT2D eigenvalue weighted by Gasteiger charge is -2.11. The number of rotatable bonds is 6. The first kappa shape index (κ1) is 16.6. The second-order valence-corrected chi connectivity index (χ2v) is 5.36. The molecule has 0 saturated heterocycles. The topological polar surface area (TPSA) is 87.0 Å². The summed E-state index contributed by atoms with van der Waals surface area (Å²) in [5.74, 6) is 0.901. The molecular formula is C18H17NO6. The molecule has 2 aromatic rings. The Kier molecular flexibility index (Phi) is 5.03. The molecule has 0 radical (unpaired) electrons. The lowest BCUT2D eigenvalue weighted by molar-refractivity contribution is -0.144. The summed E-state index contributed by atoms with van der Waals surface area (Å²) in [7, 11) is 0. The normalized spacial score (nSPS) is 13.6. The standard InChI is InChI=1S/C18H17NO6/c1-12(14-3-2-8-22-14)19-17(20)10-23-18(21)7-5-13-4-6-15-16(9-13)25-11-24-15/h2-9,12H,10-11H2,1H3,(H,19,20)/b7-5+/t12-/m1/s1. The molecule has 7 heteroatoms. The number of esters is 1. The third kappa shape index (κ3) is 4.41. The quantitative estimate of drug-likeness (QED) is 0.640. The molecule has 130 valence electrons. The summed E-state index contributed by atoms with van der Waals surface area (Å²) in [5.41, 5.74) is 0.761. The summed E-state index contributed by atoms with van der Waals surface area (Å²) in [6, 6.07) is 8.49. The van der Waals surface area contributed by atoms with Crippen LogP contribution in [0.3, 0.4) is 0 Å². The van der Waals surface area contributed by atoms with Crippen molar-refractivity contribution in [2.45, 2.75) is 13.0 Å². The number of fused-ring (bicyclic) bond motifs is 1. The van der Waals surface area contributed by atoms with E-state index in [1.807, 2.05) is 0 Å². The fraction of sp³-hybridized carbons (Fsp3) is 0.222. The van der Waals surface area contributed by atoms with Crippen LogP contribution in [0, 0.1) is 0 Å². The molecule has 1 atom stereocenters. The van der Waals surface area contributed by atoms with Gasteiger partial charge in [0.05, 0.1) is 12.3 Å². The Bertz CT molecular complexity index is 781. The Morgan fingerprint density at radius 2 is 2.12 bits per heavy atom. The number of furan rings is 1. The highest BCUT2D eigenvalue weighted by Crippen LogP contribution is 2.32. The van der Waals surface area contributed by atoms with Crippen molar-refractivity contribution in [3.8, 4) is 11.5 Å². The van der Waals surface area contributed by atoms with E-state index in [4.69, 9.17) is 18.6 Å². The summed E-state index contributed by atoms with van der Waals surface area (Å²) < 4.78 is 20.6. The third-order valence-corrected chi connectivity index (χ3v) is 3.50. The van der Waals surface area contributed by atoms with Gasteiger partial charge >= 0.3 is 5.97 Å². The zero-order chi connectivity index (χ0) is 17.6. The molecule has 1 aliphatic rings. The number of benzene rings is 1. The van der Waals surface area contributed by atoms with Crippen LogP contribution < -0.4 is 14.8 Å². The number of hydrogen-bond donors (Lipinski definition) is 1. The fourth-order valence-electron chi connectivity index (χ4n) is 2.26. The Morgan fingerprint density at radius 3 is 2.92 bits per heavy atom. The highest BCUT2D eigenvalue weighted by Gasteiger charge is 2.14. The van der Waals surface area contributed by atoms with E-state index in [-0.39, 0.29) is 19.4 Å². The average Bonchev–Trinajstić information content (AvgIpc) is 3.28. The molecule has 1 aromatic carbocycles. The lowest BCUT2D eigenvalue weighted by atomic mass is 10.2. The van der Waals surface area contributed by atoms with Gasteiger partial charge in [0.15, 0.2) is 18.1 Å². The first-order valence-corrected chi connectivity index (χ1v) is 7.69. The Labute approximate surface area is 144 Å². The molecule has 0 fully saturated rings. The maximum atomic E-state index is 11.8. The molecule has 1 N–H and O–H groups in total. The van der Waals surface area contributed by atoms with Crippen molar-refractivity contribution in [1.29, 1.82) is 0 Å². The van der Waals surface area contributed by atoms with Crippen molar-refractivity contribution in [2.24, 2.45) is 0 Å². The van der Waals surface area contributed by atoms with Gasteiger partial charge in [-0.1, -0.05) is 6.07 Å². The van der Waals surface area contributed by atoms with Gasteiger partial charge in [-0.3, -0.25) is 4.79 Å². The van der Waals surface area contributed by atoms with Crippen molar-refractivity contribution in [3.05, 3.63) is 54.0 Å². The van der Waals surface area contributed by atoms with E-state index in [0.717, 1.165) is 5.56 Å². The van der Waals surface area contributed by atoms with E-state index in [0.29, 0.717) is 17.3 Å².